The molecule has 110 valence electrons. The van der Waals surface area contributed by atoms with Gasteiger partial charge in [-0.15, -0.1) is 5.10 Å². The molecule has 3 amide bonds. The second-order valence-electron chi connectivity index (χ2n) is 4.03. The van der Waals surface area contributed by atoms with Crippen molar-refractivity contribution in [3.05, 3.63) is 33.8 Å². The summed E-state index contributed by atoms with van der Waals surface area (Å²) < 4.78 is 2.92. The minimum absolute atomic E-state index is 0.0546. The van der Waals surface area contributed by atoms with Crippen molar-refractivity contribution in [3.8, 4) is 5.69 Å². The molecule has 1 heterocycles. The van der Waals surface area contributed by atoms with Gasteiger partial charge in [0.05, 0.1) is 11.4 Å². The fourth-order valence-corrected chi connectivity index (χ4v) is 3.72. The maximum Gasteiger partial charge on any atom is 0.318 e. The Labute approximate surface area is 134 Å². The van der Waals surface area contributed by atoms with Crippen molar-refractivity contribution < 1.29 is 9.59 Å². The molecule has 0 radical (unpaired) electrons. The van der Waals surface area contributed by atoms with Crippen LogP contribution >= 0.6 is 35.3 Å². The molecule has 2 aromatic rings. The molecular formula is C12H12N4O2S3. The van der Waals surface area contributed by atoms with E-state index in [9.17, 15) is 9.59 Å². The van der Waals surface area contributed by atoms with Gasteiger partial charge in [0.1, 0.15) is 0 Å². The van der Waals surface area contributed by atoms with Crippen molar-refractivity contribution in [1.82, 2.24) is 15.1 Å². The van der Waals surface area contributed by atoms with Crippen molar-refractivity contribution in [2.75, 3.05) is 5.75 Å². The number of aryl methyl sites for hydroxylation is 1. The lowest BCUT2D eigenvalue weighted by Crippen LogP contribution is -2.36. The average molecular weight is 340 g/mol. The minimum Gasteiger partial charge on any atom is -0.351 e. The first-order valence-electron chi connectivity index (χ1n) is 5.85. The summed E-state index contributed by atoms with van der Waals surface area (Å²) in [5.74, 6) is -0.407. The molecule has 0 fully saturated rings. The van der Waals surface area contributed by atoms with Gasteiger partial charge in [0.25, 0.3) is 0 Å². The highest BCUT2D eigenvalue weighted by Crippen LogP contribution is 2.24. The highest BCUT2D eigenvalue weighted by atomic mass is 32.2. The Morgan fingerprint density at radius 2 is 2.19 bits per heavy atom. The van der Waals surface area contributed by atoms with E-state index in [1.54, 1.807) is 4.68 Å². The SMILES string of the molecule is Cc1ccccc1-n1nc(SCC(=O)NC(N)=O)sc1=S. The van der Waals surface area contributed by atoms with Gasteiger partial charge >= 0.3 is 6.03 Å². The normalized spacial score (nSPS) is 10.3. The van der Waals surface area contributed by atoms with Gasteiger partial charge in [0.2, 0.25) is 5.91 Å². The van der Waals surface area contributed by atoms with Crippen molar-refractivity contribution in [1.29, 1.82) is 0 Å². The number of imide groups is 1. The molecule has 0 saturated carbocycles. The Morgan fingerprint density at radius 1 is 1.48 bits per heavy atom. The van der Waals surface area contributed by atoms with Crippen LogP contribution in [0.2, 0.25) is 0 Å². The Balaban J connectivity index is 2.13. The quantitative estimate of drug-likeness (QED) is 0.658. The zero-order chi connectivity index (χ0) is 15.4. The first kappa shape index (κ1) is 15.7. The van der Waals surface area contributed by atoms with Gasteiger partial charge in [0, 0.05) is 0 Å². The number of carbonyl (C=O) groups excluding carboxylic acids is 2. The maximum absolute atomic E-state index is 11.4. The Morgan fingerprint density at radius 3 is 2.86 bits per heavy atom. The summed E-state index contributed by atoms with van der Waals surface area (Å²) in [5.41, 5.74) is 6.84. The molecule has 0 atom stereocenters. The molecule has 0 aliphatic heterocycles. The lowest BCUT2D eigenvalue weighted by Gasteiger charge is -2.04. The van der Waals surface area contributed by atoms with E-state index in [-0.39, 0.29) is 5.75 Å². The monoisotopic (exact) mass is 340 g/mol. The third-order valence-corrected chi connectivity index (χ3v) is 4.83. The summed E-state index contributed by atoms with van der Waals surface area (Å²) in [6, 6.07) is 6.90. The van der Waals surface area contributed by atoms with Crippen LogP contribution in [-0.2, 0) is 4.79 Å². The standard InChI is InChI=1S/C12H12N4O2S3/c1-7-4-2-3-5-8(7)16-12(19)21-11(15-16)20-6-9(17)14-10(13)18/h2-5H,6H2,1H3,(H3,13,14,17,18). The zero-order valence-electron chi connectivity index (χ0n) is 11.0. The molecule has 3 N–H and O–H groups in total. The number of benzene rings is 1. The van der Waals surface area contributed by atoms with Gasteiger partial charge in [-0.25, -0.2) is 9.48 Å². The van der Waals surface area contributed by atoms with E-state index in [0.717, 1.165) is 11.3 Å². The van der Waals surface area contributed by atoms with E-state index in [2.05, 4.69) is 5.10 Å². The van der Waals surface area contributed by atoms with Crippen LogP contribution in [0.3, 0.4) is 0 Å². The van der Waals surface area contributed by atoms with Crippen molar-refractivity contribution in [2.45, 2.75) is 11.3 Å². The number of hydrogen-bond acceptors (Lipinski definition) is 6. The molecule has 1 aromatic heterocycles. The minimum atomic E-state index is -0.862. The van der Waals surface area contributed by atoms with Crippen LogP contribution in [0, 0.1) is 10.9 Å². The smallest absolute Gasteiger partial charge is 0.318 e. The molecule has 0 spiro atoms. The number of amides is 3. The molecule has 6 nitrogen and oxygen atoms in total. The van der Waals surface area contributed by atoms with Gasteiger partial charge in [-0.05, 0) is 30.8 Å². The molecule has 0 aliphatic rings. The van der Waals surface area contributed by atoms with Gasteiger partial charge in [0.15, 0.2) is 8.29 Å². The summed E-state index contributed by atoms with van der Waals surface area (Å²) in [7, 11) is 0. The van der Waals surface area contributed by atoms with E-state index >= 15 is 0 Å². The summed E-state index contributed by atoms with van der Waals surface area (Å²) in [6.07, 6.45) is 0. The van der Waals surface area contributed by atoms with Crippen LogP contribution in [0.1, 0.15) is 5.56 Å². The molecule has 0 saturated heterocycles. The van der Waals surface area contributed by atoms with E-state index < -0.39 is 11.9 Å². The molecule has 0 bridgehead atoms. The van der Waals surface area contributed by atoms with Crippen LogP contribution in [0.4, 0.5) is 4.79 Å². The second kappa shape index (κ2) is 6.83. The molecule has 1 aromatic carbocycles. The summed E-state index contributed by atoms with van der Waals surface area (Å²) in [5, 5.41) is 6.39. The van der Waals surface area contributed by atoms with Crippen LogP contribution in [0.5, 0.6) is 0 Å². The Bertz CT molecular complexity index is 738. The number of thioether (sulfide) groups is 1. The number of nitrogens with zero attached hydrogens (tertiary/aromatic N) is 2. The van der Waals surface area contributed by atoms with Crippen LogP contribution < -0.4 is 11.1 Å². The maximum atomic E-state index is 11.4. The van der Waals surface area contributed by atoms with E-state index in [4.69, 9.17) is 18.0 Å². The van der Waals surface area contributed by atoms with Crippen molar-refractivity contribution in [3.63, 3.8) is 0 Å². The van der Waals surface area contributed by atoms with Gasteiger partial charge < -0.3 is 5.73 Å². The van der Waals surface area contributed by atoms with Crippen molar-refractivity contribution >= 4 is 47.3 Å². The number of rotatable bonds is 4. The third-order valence-electron chi connectivity index (χ3n) is 2.46. The number of nitrogens with two attached hydrogens (primary N) is 1. The fourth-order valence-electron chi connectivity index (χ4n) is 1.57. The molecular weight excluding hydrogens is 328 g/mol. The Hall–Kier alpha value is -1.71. The largest absolute Gasteiger partial charge is 0.351 e. The lowest BCUT2D eigenvalue weighted by molar-refractivity contribution is -0.117. The number of para-hydroxylation sites is 1. The summed E-state index contributed by atoms with van der Waals surface area (Å²) >= 11 is 7.81. The number of hydrogen-bond donors (Lipinski definition) is 2. The second-order valence-corrected chi connectivity index (χ2v) is 6.88. The van der Waals surface area contributed by atoms with E-state index in [1.165, 1.54) is 23.1 Å². The van der Waals surface area contributed by atoms with Crippen molar-refractivity contribution in [2.24, 2.45) is 5.73 Å². The van der Waals surface area contributed by atoms with E-state index in [0.29, 0.717) is 8.29 Å². The predicted molar refractivity (Wildman–Crippen MR) is 85.5 cm³/mol. The molecule has 0 unspecified atom stereocenters. The summed E-state index contributed by atoms with van der Waals surface area (Å²) in [4.78, 5) is 21.9. The highest BCUT2D eigenvalue weighted by molar-refractivity contribution is 8.01. The van der Waals surface area contributed by atoms with Crippen LogP contribution in [0.25, 0.3) is 5.69 Å². The molecule has 9 heteroatoms. The van der Waals surface area contributed by atoms with Gasteiger partial charge in [-0.1, -0.05) is 41.3 Å². The predicted octanol–water partition coefficient (Wildman–Crippen LogP) is 2.26. The van der Waals surface area contributed by atoms with Crippen LogP contribution in [0.15, 0.2) is 28.6 Å². The van der Waals surface area contributed by atoms with Gasteiger partial charge in [-0.2, -0.15) is 0 Å². The number of nitrogens with one attached hydrogen (secondary N) is 1. The number of carbonyl (C=O) groups is 2. The fraction of sp³-hybridized carbons (Fsp3) is 0.167. The molecule has 21 heavy (non-hydrogen) atoms. The van der Waals surface area contributed by atoms with Crippen LogP contribution in [-0.4, -0.2) is 27.5 Å². The Kier molecular flexibility index (Phi) is 5.10. The topological polar surface area (TPSA) is 90.0 Å². The number of aromatic nitrogens is 2. The molecule has 0 aliphatic carbocycles. The van der Waals surface area contributed by atoms with E-state index in [1.807, 2.05) is 36.5 Å². The lowest BCUT2D eigenvalue weighted by atomic mass is 10.2. The number of urea groups is 1. The molecule has 2 rings (SSSR count). The first-order chi connectivity index (χ1) is 9.97. The third kappa shape index (κ3) is 4.13. The van der Waals surface area contributed by atoms with Gasteiger partial charge in [-0.3, -0.25) is 10.1 Å². The zero-order valence-corrected chi connectivity index (χ0v) is 13.5. The highest BCUT2D eigenvalue weighted by Gasteiger charge is 2.11. The number of primary amides is 1. The summed E-state index contributed by atoms with van der Waals surface area (Å²) in [6.45, 7) is 1.98. The average Bonchev–Trinajstić information content (AvgIpc) is 2.77. The first-order valence-corrected chi connectivity index (χ1v) is 8.06.